The summed E-state index contributed by atoms with van der Waals surface area (Å²) in [5.41, 5.74) is 1.94. The Kier molecular flexibility index (Phi) is 4.84. The molecule has 132 valence electrons. The lowest BCUT2D eigenvalue weighted by molar-refractivity contribution is -0.120. The first-order valence-electron chi connectivity index (χ1n) is 7.94. The van der Waals surface area contributed by atoms with E-state index in [1.54, 1.807) is 54.6 Å². The quantitative estimate of drug-likeness (QED) is 0.481. The summed E-state index contributed by atoms with van der Waals surface area (Å²) in [6.07, 6.45) is 1.66. The van der Waals surface area contributed by atoms with E-state index < -0.39 is 5.97 Å². The fraction of sp³-hybridized carbons (Fsp3) is 0.150. The van der Waals surface area contributed by atoms with Crippen molar-refractivity contribution in [3.8, 4) is 5.75 Å². The van der Waals surface area contributed by atoms with Gasteiger partial charge in [0.1, 0.15) is 5.75 Å². The highest BCUT2D eigenvalue weighted by Crippen LogP contribution is 2.33. The fourth-order valence-corrected chi connectivity index (χ4v) is 2.78. The van der Waals surface area contributed by atoms with Crippen molar-refractivity contribution < 1.29 is 23.9 Å². The number of carbonyl (C=O) groups excluding carboxylic acids is 3. The predicted octanol–water partition coefficient (Wildman–Crippen LogP) is 2.83. The maximum Gasteiger partial charge on any atom is 0.337 e. The normalized spacial score (nSPS) is 15.5. The van der Waals surface area contributed by atoms with Crippen molar-refractivity contribution in [1.29, 1.82) is 0 Å². The summed E-state index contributed by atoms with van der Waals surface area (Å²) in [5, 5.41) is 0. The molecule has 1 fully saturated rings. The molecule has 1 aliphatic rings. The molecule has 2 aromatic rings. The molecule has 1 heterocycles. The highest BCUT2D eigenvalue weighted by Gasteiger charge is 2.36. The molecular weight excluding hydrogens is 334 g/mol. The van der Waals surface area contributed by atoms with E-state index in [-0.39, 0.29) is 18.2 Å². The number of hydrogen-bond donors (Lipinski definition) is 0. The lowest BCUT2D eigenvalue weighted by Crippen LogP contribution is -2.29. The first-order chi connectivity index (χ1) is 12.5. The van der Waals surface area contributed by atoms with Gasteiger partial charge in [0.05, 0.1) is 31.9 Å². The number of amides is 2. The number of imide groups is 1. The van der Waals surface area contributed by atoms with Crippen LogP contribution in [0.1, 0.15) is 22.3 Å². The Labute approximate surface area is 150 Å². The average Bonchev–Trinajstić information content (AvgIpc) is 2.94. The Bertz CT molecular complexity index is 899. The van der Waals surface area contributed by atoms with E-state index in [0.29, 0.717) is 22.6 Å². The summed E-state index contributed by atoms with van der Waals surface area (Å²) in [7, 11) is 2.80. The first-order valence-corrected chi connectivity index (χ1v) is 7.94. The van der Waals surface area contributed by atoms with Crippen LogP contribution >= 0.6 is 0 Å². The number of para-hydroxylation sites is 2. The molecule has 0 radical (unpaired) electrons. The van der Waals surface area contributed by atoms with Gasteiger partial charge in [0.2, 0.25) is 5.91 Å². The number of nitrogens with zero attached hydrogens (tertiary/aromatic N) is 1. The van der Waals surface area contributed by atoms with E-state index in [1.165, 1.54) is 14.2 Å². The smallest absolute Gasteiger partial charge is 0.337 e. The third kappa shape index (κ3) is 3.21. The zero-order valence-electron chi connectivity index (χ0n) is 14.4. The van der Waals surface area contributed by atoms with E-state index in [9.17, 15) is 14.4 Å². The summed E-state index contributed by atoms with van der Waals surface area (Å²) >= 11 is 0. The number of anilines is 1. The molecule has 1 aliphatic heterocycles. The van der Waals surface area contributed by atoms with Crippen LogP contribution in [0.15, 0.2) is 54.1 Å². The van der Waals surface area contributed by atoms with E-state index >= 15 is 0 Å². The number of benzene rings is 2. The third-order valence-corrected chi connectivity index (χ3v) is 4.07. The minimum atomic E-state index is -0.432. The molecule has 0 unspecified atom stereocenters. The second-order valence-electron chi connectivity index (χ2n) is 5.67. The van der Waals surface area contributed by atoms with Crippen LogP contribution in [-0.4, -0.2) is 32.0 Å². The fourth-order valence-electron chi connectivity index (χ4n) is 2.78. The van der Waals surface area contributed by atoms with Crippen LogP contribution in [0.25, 0.3) is 6.08 Å². The van der Waals surface area contributed by atoms with Crippen molar-refractivity contribution in [3.63, 3.8) is 0 Å². The lowest BCUT2D eigenvalue weighted by atomic mass is 10.1. The molecule has 2 aromatic carbocycles. The van der Waals surface area contributed by atoms with Crippen LogP contribution in [0.4, 0.5) is 5.69 Å². The number of ether oxygens (including phenoxy) is 2. The van der Waals surface area contributed by atoms with Crippen molar-refractivity contribution in [2.75, 3.05) is 19.1 Å². The summed E-state index contributed by atoms with van der Waals surface area (Å²) in [6, 6.07) is 13.5. The van der Waals surface area contributed by atoms with Gasteiger partial charge < -0.3 is 9.47 Å². The van der Waals surface area contributed by atoms with Crippen molar-refractivity contribution in [2.45, 2.75) is 6.42 Å². The van der Waals surface area contributed by atoms with Gasteiger partial charge in [0, 0.05) is 5.57 Å². The molecule has 0 aliphatic carbocycles. The Morgan fingerprint density at radius 2 is 1.73 bits per heavy atom. The molecule has 26 heavy (non-hydrogen) atoms. The van der Waals surface area contributed by atoms with Crippen LogP contribution in [0.5, 0.6) is 5.75 Å². The second-order valence-corrected chi connectivity index (χ2v) is 5.67. The Hall–Kier alpha value is -3.41. The van der Waals surface area contributed by atoms with Gasteiger partial charge >= 0.3 is 5.97 Å². The van der Waals surface area contributed by atoms with Gasteiger partial charge in [-0.1, -0.05) is 24.3 Å². The number of hydrogen-bond acceptors (Lipinski definition) is 5. The number of esters is 1. The van der Waals surface area contributed by atoms with Crippen molar-refractivity contribution in [3.05, 3.63) is 65.2 Å². The molecule has 2 amide bonds. The number of carbonyl (C=O) groups is 3. The van der Waals surface area contributed by atoms with Crippen molar-refractivity contribution in [1.82, 2.24) is 0 Å². The second kappa shape index (κ2) is 7.23. The van der Waals surface area contributed by atoms with Crippen molar-refractivity contribution in [2.24, 2.45) is 0 Å². The molecule has 0 N–H and O–H groups in total. The van der Waals surface area contributed by atoms with E-state index in [0.717, 1.165) is 10.5 Å². The topological polar surface area (TPSA) is 72.9 Å². The van der Waals surface area contributed by atoms with Crippen molar-refractivity contribution >= 4 is 29.5 Å². The zero-order chi connectivity index (χ0) is 18.7. The third-order valence-electron chi connectivity index (χ3n) is 4.07. The van der Waals surface area contributed by atoms with Gasteiger partial charge in [-0.25, -0.2) is 9.69 Å². The van der Waals surface area contributed by atoms with Gasteiger partial charge in [-0.2, -0.15) is 0 Å². The molecule has 6 nitrogen and oxygen atoms in total. The monoisotopic (exact) mass is 351 g/mol. The standard InChI is InChI=1S/C20H17NO5/c1-25-17-6-4-3-5-16(17)21-18(22)12-15(19(21)23)11-13-7-9-14(10-8-13)20(24)26-2/h3-11H,12H2,1-2H3/b15-11+. The highest BCUT2D eigenvalue weighted by molar-refractivity contribution is 6.30. The van der Waals surface area contributed by atoms with E-state index in [1.807, 2.05) is 0 Å². The average molecular weight is 351 g/mol. The molecule has 0 spiro atoms. The largest absolute Gasteiger partial charge is 0.495 e. The van der Waals surface area contributed by atoms with Gasteiger partial charge in [-0.05, 0) is 35.9 Å². The minimum Gasteiger partial charge on any atom is -0.495 e. The SMILES string of the molecule is COC(=O)c1ccc(/C=C2\CC(=O)N(c3ccccc3OC)C2=O)cc1. The minimum absolute atomic E-state index is 0.00956. The lowest BCUT2D eigenvalue weighted by Gasteiger charge is -2.16. The molecule has 0 saturated carbocycles. The molecule has 0 aromatic heterocycles. The molecule has 1 saturated heterocycles. The summed E-state index contributed by atoms with van der Waals surface area (Å²) in [4.78, 5) is 37.7. The maximum absolute atomic E-state index is 12.7. The van der Waals surface area contributed by atoms with Gasteiger partial charge in [0.15, 0.2) is 0 Å². The van der Waals surface area contributed by atoms with Crippen LogP contribution in [0.3, 0.4) is 0 Å². The van der Waals surface area contributed by atoms with Crippen LogP contribution in [0.2, 0.25) is 0 Å². The van der Waals surface area contributed by atoms with Crippen LogP contribution < -0.4 is 9.64 Å². The number of methoxy groups -OCH3 is 2. The van der Waals surface area contributed by atoms with E-state index in [2.05, 4.69) is 4.74 Å². The first kappa shape index (κ1) is 17.4. The summed E-state index contributed by atoms with van der Waals surface area (Å²) in [6.45, 7) is 0. The number of rotatable bonds is 4. The van der Waals surface area contributed by atoms with E-state index in [4.69, 9.17) is 4.74 Å². The molecule has 0 atom stereocenters. The van der Waals surface area contributed by atoms with Gasteiger partial charge in [-0.3, -0.25) is 9.59 Å². The van der Waals surface area contributed by atoms with Gasteiger partial charge in [0.25, 0.3) is 5.91 Å². The Morgan fingerprint density at radius 1 is 1.04 bits per heavy atom. The molecule has 3 rings (SSSR count). The van der Waals surface area contributed by atoms with Crippen LogP contribution in [0, 0.1) is 0 Å². The Balaban J connectivity index is 1.89. The highest BCUT2D eigenvalue weighted by atomic mass is 16.5. The Morgan fingerprint density at radius 3 is 2.38 bits per heavy atom. The zero-order valence-corrected chi connectivity index (χ0v) is 14.4. The van der Waals surface area contributed by atoms with Crippen LogP contribution in [-0.2, 0) is 14.3 Å². The summed E-state index contributed by atoms with van der Waals surface area (Å²) < 4.78 is 9.90. The molecule has 6 heteroatoms. The summed E-state index contributed by atoms with van der Waals surface area (Å²) in [5.74, 6) is -0.662. The molecule has 0 bridgehead atoms. The predicted molar refractivity (Wildman–Crippen MR) is 95.9 cm³/mol. The molecular formula is C20H17NO5. The van der Waals surface area contributed by atoms with Gasteiger partial charge in [-0.15, -0.1) is 0 Å². The maximum atomic E-state index is 12.7.